The second-order valence-corrected chi connectivity index (χ2v) is 8.99. The highest BCUT2D eigenvalue weighted by molar-refractivity contribution is 7.50. The molecule has 4 nitrogen and oxygen atoms in total. The molecule has 0 radical (unpaired) electrons. The Morgan fingerprint density at radius 2 is 1.30 bits per heavy atom. The number of phenols is 1. The predicted molar refractivity (Wildman–Crippen MR) is 81.3 cm³/mol. The molecule has 0 bridgehead atoms. The Morgan fingerprint density at radius 1 is 0.950 bits per heavy atom. The Hall–Kier alpha value is -0.830. The van der Waals surface area contributed by atoms with Gasteiger partial charge in [0, 0.05) is 0 Å². The summed E-state index contributed by atoms with van der Waals surface area (Å²) in [6.07, 6.45) is -0.299. The van der Waals surface area contributed by atoms with Crippen LogP contribution in [0.2, 0.25) is 0 Å². The maximum absolute atomic E-state index is 11.5. The first-order valence-corrected chi connectivity index (χ1v) is 8.43. The van der Waals surface area contributed by atoms with Crippen LogP contribution in [0.15, 0.2) is 12.1 Å². The molecule has 0 spiro atoms. The van der Waals surface area contributed by atoms with Crippen LogP contribution in [-0.4, -0.2) is 14.9 Å². The van der Waals surface area contributed by atoms with Crippen LogP contribution >= 0.6 is 7.60 Å². The smallest absolute Gasteiger partial charge is 0.329 e. The Morgan fingerprint density at radius 3 is 1.55 bits per heavy atom. The van der Waals surface area contributed by atoms with Gasteiger partial charge in [-0.05, 0) is 39.7 Å². The lowest BCUT2D eigenvalue weighted by molar-refractivity contribution is 0.370. The van der Waals surface area contributed by atoms with Crippen molar-refractivity contribution in [2.45, 2.75) is 58.5 Å². The van der Waals surface area contributed by atoms with E-state index >= 15 is 0 Å². The fourth-order valence-corrected chi connectivity index (χ4v) is 3.12. The fourth-order valence-electron chi connectivity index (χ4n) is 2.37. The largest absolute Gasteiger partial charge is 0.508 e. The molecule has 0 aromatic heterocycles. The Balaban J connectivity index is 3.68. The molecule has 0 saturated carbocycles. The van der Waals surface area contributed by atoms with E-state index in [0.29, 0.717) is 5.56 Å². The third kappa shape index (κ3) is 4.34. The SMILES string of the molecule is CC(C)(C)c1cc(O)cc(C(C)(C)C)c1CP(=O)(O)O. The first-order valence-electron chi connectivity index (χ1n) is 6.63. The van der Waals surface area contributed by atoms with Gasteiger partial charge < -0.3 is 14.9 Å². The summed E-state index contributed by atoms with van der Waals surface area (Å²) in [5.74, 6) is 0.134. The molecule has 0 atom stereocenters. The second kappa shape index (κ2) is 5.18. The highest BCUT2D eigenvalue weighted by Crippen LogP contribution is 2.46. The number of phenolic OH excluding ortho intramolecular Hbond substituents is 1. The minimum atomic E-state index is -4.18. The monoisotopic (exact) mass is 300 g/mol. The molecular formula is C15H25O4P. The van der Waals surface area contributed by atoms with Crippen molar-refractivity contribution >= 4 is 7.60 Å². The van der Waals surface area contributed by atoms with E-state index in [1.807, 2.05) is 41.5 Å². The van der Waals surface area contributed by atoms with Gasteiger partial charge in [0.15, 0.2) is 0 Å². The number of rotatable bonds is 2. The summed E-state index contributed by atoms with van der Waals surface area (Å²) in [6, 6.07) is 3.22. The van der Waals surface area contributed by atoms with E-state index in [1.165, 1.54) is 0 Å². The van der Waals surface area contributed by atoms with Gasteiger partial charge in [0.25, 0.3) is 0 Å². The van der Waals surface area contributed by atoms with Crippen LogP contribution in [-0.2, 0) is 21.6 Å². The summed E-state index contributed by atoms with van der Waals surface area (Å²) in [4.78, 5) is 18.7. The number of hydrogen-bond donors (Lipinski definition) is 3. The zero-order chi connectivity index (χ0) is 15.9. The van der Waals surface area contributed by atoms with E-state index in [4.69, 9.17) is 0 Å². The molecule has 20 heavy (non-hydrogen) atoms. The first kappa shape index (κ1) is 17.2. The van der Waals surface area contributed by atoms with Crippen LogP contribution in [0.25, 0.3) is 0 Å². The number of benzene rings is 1. The molecule has 1 rings (SSSR count). The van der Waals surface area contributed by atoms with Crippen molar-refractivity contribution in [3.8, 4) is 5.75 Å². The van der Waals surface area contributed by atoms with Crippen LogP contribution in [0.3, 0.4) is 0 Å². The number of aromatic hydroxyl groups is 1. The summed E-state index contributed by atoms with van der Waals surface area (Å²) in [7, 11) is -4.18. The lowest BCUT2D eigenvalue weighted by Gasteiger charge is -2.30. The number of hydrogen-bond acceptors (Lipinski definition) is 2. The minimum absolute atomic E-state index is 0.134. The fraction of sp³-hybridized carbons (Fsp3) is 0.600. The molecule has 1 aromatic rings. The summed E-state index contributed by atoms with van der Waals surface area (Å²) in [6.45, 7) is 11.8. The minimum Gasteiger partial charge on any atom is -0.508 e. The Kier molecular flexibility index (Phi) is 4.46. The average Bonchev–Trinajstić information content (AvgIpc) is 2.14. The molecule has 1 aromatic carbocycles. The van der Waals surface area contributed by atoms with Gasteiger partial charge >= 0.3 is 7.60 Å². The summed E-state index contributed by atoms with van der Waals surface area (Å²) >= 11 is 0. The van der Waals surface area contributed by atoms with Crippen molar-refractivity contribution in [3.05, 3.63) is 28.8 Å². The normalized spacial score (nSPS) is 13.6. The average molecular weight is 300 g/mol. The van der Waals surface area contributed by atoms with Crippen molar-refractivity contribution in [1.82, 2.24) is 0 Å². The maximum atomic E-state index is 11.5. The molecular weight excluding hydrogens is 275 g/mol. The Labute approximate surface area is 121 Å². The molecule has 0 fully saturated rings. The quantitative estimate of drug-likeness (QED) is 0.728. The molecule has 0 heterocycles. The molecule has 0 aliphatic carbocycles. The van der Waals surface area contributed by atoms with Crippen LogP contribution in [0.5, 0.6) is 5.75 Å². The van der Waals surface area contributed by atoms with E-state index in [2.05, 4.69) is 0 Å². The second-order valence-electron chi connectivity index (χ2n) is 7.34. The van der Waals surface area contributed by atoms with Crippen LogP contribution in [0.4, 0.5) is 0 Å². The van der Waals surface area contributed by atoms with Crippen molar-refractivity contribution in [1.29, 1.82) is 0 Å². The van der Waals surface area contributed by atoms with Crippen molar-refractivity contribution in [3.63, 3.8) is 0 Å². The highest BCUT2D eigenvalue weighted by atomic mass is 31.2. The molecule has 114 valence electrons. The first-order chi connectivity index (χ1) is 8.72. The topological polar surface area (TPSA) is 77.8 Å². The molecule has 0 unspecified atom stereocenters. The van der Waals surface area contributed by atoms with Crippen molar-refractivity contribution < 1.29 is 19.5 Å². The summed E-state index contributed by atoms with van der Waals surface area (Å²) in [5, 5.41) is 9.95. The highest BCUT2D eigenvalue weighted by Gasteiger charge is 2.30. The van der Waals surface area contributed by atoms with Gasteiger partial charge in [-0.3, -0.25) is 4.57 Å². The predicted octanol–water partition coefficient (Wildman–Crippen LogP) is 3.66. The van der Waals surface area contributed by atoms with Crippen LogP contribution in [0, 0.1) is 0 Å². The molecule has 0 saturated heterocycles. The van der Waals surface area contributed by atoms with Crippen molar-refractivity contribution in [2.24, 2.45) is 0 Å². The van der Waals surface area contributed by atoms with Gasteiger partial charge in [-0.15, -0.1) is 0 Å². The molecule has 0 aliphatic heterocycles. The Bertz CT molecular complexity index is 509. The standard InChI is InChI=1S/C15H25O4P/c1-14(2,3)12-7-10(16)8-13(15(4,5)6)11(12)9-20(17,18)19/h7-8,16H,9H2,1-6H3,(H2,17,18,19). The van der Waals surface area contributed by atoms with E-state index in [0.717, 1.165) is 11.1 Å². The lowest BCUT2D eigenvalue weighted by atomic mass is 9.76. The molecule has 0 aliphatic rings. The summed E-state index contributed by atoms with van der Waals surface area (Å²) < 4.78 is 11.5. The zero-order valence-electron chi connectivity index (χ0n) is 13.1. The third-order valence-corrected chi connectivity index (χ3v) is 3.94. The van der Waals surface area contributed by atoms with E-state index in [-0.39, 0.29) is 22.7 Å². The summed E-state index contributed by atoms with van der Waals surface area (Å²) in [5.41, 5.74) is 1.61. The molecule has 5 heteroatoms. The van der Waals surface area contributed by atoms with Crippen LogP contribution < -0.4 is 0 Å². The zero-order valence-corrected chi connectivity index (χ0v) is 14.0. The van der Waals surface area contributed by atoms with E-state index < -0.39 is 7.60 Å². The van der Waals surface area contributed by atoms with Gasteiger partial charge in [-0.1, -0.05) is 41.5 Å². The van der Waals surface area contributed by atoms with E-state index in [1.54, 1.807) is 12.1 Å². The van der Waals surface area contributed by atoms with Gasteiger partial charge in [0.2, 0.25) is 0 Å². The van der Waals surface area contributed by atoms with Gasteiger partial charge in [-0.25, -0.2) is 0 Å². The van der Waals surface area contributed by atoms with Gasteiger partial charge in [0.1, 0.15) is 5.75 Å². The van der Waals surface area contributed by atoms with E-state index in [9.17, 15) is 19.5 Å². The molecule has 3 N–H and O–H groups in total. The van der Waals surface area contributed by atoms with Gasteiger partial charge in [-0.2, -0.15) is 0 Å². The maximum Gasteiger partial charge on any atom is 0.329 e. The lowest BCUT2D eigenvalue weighted by Crippen LogP contribution is -2.21. The third-order valence-electron chi connectivity index (χ3n) is 3.21. The molecule has 0 amide bonds. The van der Waals surface area contributed by atoms with Gasteiger partial charge in [0.05, 0.1) is 6.16 Å². The van der Waals surface area contributed by atoms with Crippen LogP contribution in [0.1, 0.15) is 58.2 Å². The van der Waals surface area contributed by atoms with Crippen molar-refractivity contribution in [2.75, 3.05) is 0 Å².